The third kappa shape index (κ3) is 1.43. The standard InChI is InChI=1S/C11H13NO3S/c1-3-8-5-4-6-9-10(8)12-11(13)7(2)16(9,14)15/h4-7H,3H2,1-2H3,(H,12,13). The fourth-order valence-electron chi connectivity index (χ4n) is 1.81. The summed E-state index contributed by atoms with van der Waals surface area (Å²) in [4.78, 5) is 11.8. The number of amides is 1. The second kappa shape index (κ2) is 3.59. The number of sulfone groups is 1. The maximum absolute atomic E-state index is 12.0. The maximum Gasteiger partial charge on any atom is 0.242 e. The number of anilines is 1. The van der Waals surface area contributed by atoms with E-state index in [1.54, 1.807) is 12.1 Å². The first-order chi connectivity index (χ1) is 7.48. The third-order valence-electron chi connectivity index (χ3n) is 2.88. The first kappa shape index (κ1) is 11.1. The van der Waals surface area contributed by atoms with Crippen LogP contribution in [0.4, 0.5) is 5.69 Å². The van der Waals surface area contributed by atoms with Crippen LogP contribution in [0, 0.1) is 0 Å². The minimum absolute atomic E-state index is 0.235. The van der Waals surface area contributed by atoms with Crippen LogP contribution in [0.2, 0.25) is 0 Å². The Bertz CT molecular complexity index is 548. The van der Waals surface area contributed by atoms with Crippen molar-refractivity contribution in [1.82, 2.24) is 0 Å². The van der Waals surface area contributed by atoms with Crippen LogP contribution in [0.3, 0.4) is 0 Å². The lowest BCUT2D eigenvalue weighted by molar-refractivity contribution is -0.115. The van der Waals surface area contributed by atoms with E-state index in [4.69, 9.17) is 0 Å². The highest BCUT2D eigenvalue weighted by Gasteiger charge is 2.37. The molecule has 0 aromatic heterocycles. The number of hydrogen-bond donors (Lipinski definition) is 1. The molecule has 1 amide bonds. The predicted molar refractivity (Wildman–Crippen MR) is 61.1 cm³/mol. The molecule has 1 aliphatic heterocycles. The second-order valence-electron chi connectivity index (χ2n) is 3.82. The van der Waals surface area contributed by atoms with E-state index in [2.05, 4.69) is 5.32 Å². The van der Waals surface area contributed by atoms with Gasteiger partial charge in [-0.15, -0.1) is 0 Å². The van der Waals surface area contributed by atoms with E-state index in [1.807, 2.05) is 13.0 Å². The molecule has 1 aromatic rings. The van der Waals surface area contributed by atoms with Gasteiger partial charge in [-0.05, 0) is 25.0 Å². The molecule has 4 nitrogen and oxygen atoms in total. The molecule has 0 saturated heterocycles. The molecule has 0 aliphatic carbocycles. The van der Waals surface area contributed by atoms with Crippen LogP contribution in [-0.4, -0.2) is 19.6 Å². The van der Waals surface area contributed by atoms with Crippen LogP contribution in [-0.2, 0) is 21.1 Å². The molecule has 5 heteroatoms. The molecule has 1 unspecified atom stereocenters. The normalized spacial score (nSPS) is 22.4. The van der Waals surface area contributed by atoms with Crippen molar-refractivity contribution < 1.29 is 13.2 Å². The molecule has 16 heavy (non-hydrogen) atoms. The van der Waals surface area contributed by atoms with Crippen molar-refractivity contribution in [3.63, 3.8) is 0 Å². The summed E-state index contributed by atoms with van der Waals surface area (Å²) in [5.74, 6) is -0.451. The van der Waals surface area contributed by atoms with E-state index in [0.717, 1.165) is 5.56 Å². The van der Waals surface area contributed by atoms with Gasteiger partial charge < -0.3 is 5.32 Å². The summed E-state index contributed by atoms with van der Waals surface area (Å²) in [7, 11) is -3.51. The fourth-order valence-corrected chi connectivity index (χ4v) is 3.26. The minimum Gasteiger partial charge on any atom is -0.324 e. The first-order valence-electron chi connectivity index (χ1n) is 5.15. The van der Waals surface area contributed by atoms with Crippen molar-refractivity contribution in [2.45, 2.75) is 30.4 Å². The topological polar surface area (TPSA) is 63.2 Å². The van der Waals surface area contributed by atoms with Crippen molar-refractivity contribution in [3.8, 4) is 0 Å². The molecule has 0 spiro atoms. The monoisotopic (exact) mass is 239 g/mol. The Kier molecular flexibility index (Phi) is 2.50. The molecule has 0 bridgehead atoms. The van der Waals surface area contributed by atoms with Gasteiger partial charge in [-0.2, -0.15) is 0 Å². The lowest BCUT2D eigenvalue weighted by Crippen LogP contribution is -2.38. The zero-order valence-electron chi connectivity index (χ0n) is 9.15. The highest BCUT2D eigenvalue weighted by molar-refractivity contribution is 7.93. The average molecular weight is 239 g/mol. The van der Waals surface area contributed by atoms with E-state index in [-0.39, 0.29) is 4.90 Å². The van der Waals surface area contributed by atoms with Crippen molar-refractivity contribution in [2.24, 2.45) is 0 Å². The Balaban J connectivity index is 2.74. The van der Waals surface area contributed by atoms with Gasteiger partial charge in [-0.25, -0.2) is 8.42 Å². The molecule has 0 saturated carbocycles. The summed E-state index contributed by atoms with van der Waals surface area (Å²) in [5, 5.41) is 1.66. The zero-order valence-corrected chi connectivity index (χ0v) is 9.97. The van der Waals surface area contributed by atoms with Gasteiger partial charge in [-0.3, -0.25) is 4.79 Å². The number of benzene rings is 1. The molecular formula is C11H13NO3S. The third-order valence-corrected chi connectivity index (χ3v) is 4.98. The number of nitrogens with one attached hydrogen (secondary N) is 1. The number of fused-ring (bicyclic) bond motifs is 1. The molecule has 1 aromatic carbocycles. The Labute approximate surface area is 94.6 Å². The van der Waals surface area contributed by atoms with Gasteiger partial charge in [0.25, 0.3) is 0 Å². The number of carbonyl (C=O) groups excluding carboxylic acids is 1. The van der Waals surface area contributed by atoms with E-state index < -0.39 is 21.0 Å². The molecule has 86 valence electrons. The van der Waals surface area contributed by atoms with Crippen molar-refractivity contribution in [2.75, 3.05) is 5.32 Å². The van der Waals surface area contributed by atoms with E-state index in [1.165, 1.54) is 6.92 Å². The second-order valence-corrected chi connectivity index (χ2v) is 6.06. The van der Waals surface area contributed by atoms with Crippen LogP contribution in [0.25, 0.3) is 0 Å². The summed E-state index contributed by atoms with van der Waals surface area (Å²) in [6.07, 6.45) is 0.688. The number of rotatable bonds is 1. The van der Waals surface area contributed by atoms with Gasteiger partial charge in [0.15, 0.2) is 9.84 Å². The van der Waals surface area contributed by atoms with E-state index in [9.17, 15) is 13.2 Å². The molecule has 0 radical (unpaired) electrons. The van der Waals surface area contributed by atoms with Gasteiger partial charge in [-0.1, -0.05) is 19.1 Å². The van der Waals surface area contributed by atoms with Crippen molar-refractivity contribution in [1.29, 1.82) is 0 Å². The van der Waals surface area contributed by atoms with Gasteiger partial charge >= 0.3 is 0 Å². The van der Waals surface area contributed by atoms with E-state index in [0.29, 0.717) is 12.1 Å². The largest absolute Gasteiger partial charge is 0.324 e. The van der Waals surface area contributed by atoms with Crippen molar-refractivity contribution in [3.05, 3.63) is 23.8 Å². The highest BCUT2D eigenvalue weighted by atomic mass is 32.2. The Morgan fingerprint density at radius 3 is 2.69 bits per heavy atom. The van der Waals surface area contributed by atoms with Gasteiger partial charge in [0.2, 0.25) is 5.91 Å². The first-order valence-corrected chi connectivity index (χ1v) is 6.69. The van der Waals surface area contributed by atoms with Crippen LogP contribution in [0.15, 0.2) is 23.1 Å². The Morgan fingerprint density at radius 2 is 2.06 bits per heavy atom. The van der Waals surface area contributed by atoms with Gasteiger partial charge in [0, 0.05) is 0 Å². The number of para-hydroxylation sites is 1. The van der Waals surface area contributed by atoms with Crippen LogP contribution in [0.5, 0.6) is 0 Å². The minimum atomic E-state index is -3.51. The summed E-state index contributed by atoms with van der Waals surface area (Å²) in [5.41, 5.74) is 1.30. The molecule has 0 fully saturated rings. The lowest BCUT2D eigenvalue weighted by Gasteiger charge is -2.24. The molecule has 1 heterocycles. The smallest absolute Gasteiger partial charge is 0.242 e. The molecule has 1 N–H and O–H groups in total. The summed E-state index contributed by atoms with van der Waals surface area (Å²) in [6, 6.07) is 5.07. The fraction of sp³-hybridized carbons (Fsp3) is 0.364. The lowest BCUT2D eigenvalue weighted by atomic mass is 10.1. The van der Waals surface area contributed by atoms with Crippen LogP contribution >= 0.6 is 0 Å². The van der Waals surface area contributed by atoms with Gasteiger partial charge in [0.1, 0.15) is 5.25 Å². The average Bonchev–Trinajstić information content (AvgIpc) is 2.26. The number of carbonyl (C=O) groups is 1. The predicted octanol–water partition coefficient (Wildman–Crippen LogP) is 1.36. The Morgan fingerprint density at radius 1 is 1.38 bits per heavy atom. The van der Waals surface area contributed by atoms with Crippen LogP contribution < -0.4 is 5.32 Å². The SMILES string of the molecule is CCc1cccc2c1NC(=O)C(C)S2(=O)=O. The quantitative estimate of drug-likeness (QED) is 0.805. The zero-order chi connectivity index (χ0) is 11.9. The Hall–Kier alpha value is -1.36. The molecule has 1 atom stereocenters. The van der Waals surface area contributed by atoms with Gasteiger partial charge in [0.05, 0.1) is 10.6 Å². The molecular weight excluding hydrogens is 226 g/mol. The van der Waals surface area contributed by atoms with Crippen LogP contribution in [0.1, 0.15) is 19.4 Å². The number of hydrogen-bond acceptors (Lipinski definition) is 3. The summed E-state index contributed by atoms with van der Waals surface area (Å²) in [6.45, 7) is 3.33. The molecule has 2 rings (SSSR count). The number of aryl methyl sites for hydroxylation is 1. The molecule has 1 aliphatic rings. The maximum atomic E-state index is 12.0. The summed E-state index contributed by atoms with van der Waals surface area (Å²) >= 11 is 0. The summed E-state index contributed by atoms with van der Waals surface area (Å²) < 4.78 is 24.0. The van der Waals surface area contributed by atoms with Crippen molar-refractivity contribution >= 4 is 21.4 Å². The highest BCUT2D eigenvalue weighted by Crippen LogP contribution is 2.33. The van der Waals surface area contributed by atoms with E-state index >= 15 is 0 Å².